The van der Waals surface area contributed by atoms with Crippen LogP contribution in [0.25, 0.3) is 0 Å². The number of hydrogen-bond donors (Lipinski definition) is 1. The zero-order chi connectivity index (χ0) is 14.8. The smallest absolute Gasteiger partial charge is 0.233 e. The molecule has 1 aliphatic rings. The highest BCUT2D eigenvalue weighted by Gasteiger charge is 2.29. The van der Waals surface area contributed by atoms with Crippen molar-refractivity contribution in [2.45, 2.75) is 38.6 Å². The Balaban J connectivity index is 1.77. The van der Waals surface area contributed by atoms with E-state index in [1.165, 1.54) is 12.1 Å². The minimum Gasteiger partial charge on any atom is -0.310 e. The van der Waals surface area contributed by atoms with E-state index in [0.717, 1.165) is 42.8 Å². The van der Waals surface area contributed by atoms with Gasteiger partial charge in [0.2, 0.25) is 5.91 Å². The van der Waals surface area contributed by atoms with E-state index in [-0.39, 0.29) is 17.6 Å². The minimum atomic E-state index is -0.240. The van der Waals surface area contributed by atoms with E-state index in [0.29, 0.717) is 0 Å². The molecule has 1 aliphatic carbocycles. The van der Waals surface area contributed by atoms with Crippen molar-refractivity contribution < 1.29 is 9.18 Å². The second kappa shape index (κ2) is 5.68. The van der Waals surface area contributed by atoms with E-state index in [1.54, 1.807) is 23.0 Å². The quantitative estimate of drug-likeness (QED) is 0.939. The summed E-state index contributed by atoms with van der Waals surface area (Å²) in [4.78, 5) is 12.5. The van der Waals surface area contributed by atoms with Gasteiger partial charge in [0, 0.05) is 12.6 Å². The number of hydrogen-bond acceptors (Lipinski definition) is 2. The van der Waals surface area contributed by atoms with Crippen LogP contribution in [0.3, 0.4) is 0 Å². The third-order valence-electron chi connectivity index (χ3n) is 3.90. The Hall–Kier alpha value is -2.17. The SMILES string of the molecule is CCCn1nccc1NC(=O)C1CCc2cc(F)ccc21. The third kappa shape index (κ3) is 2.68. The molecule has 0 saturated carbocycles. The molecule has 0 bridgehead atoms. The summed E-state index contributed by atoms with van der Waals surface area (Å²) in [6, 6.07) is 6.48. The fraction of sp³-hybridized carbons (Fsp3) is 0.375. The maximum Gasteiger partial charge on any atom is 0.233 e. The lowest BCUT2D eigenvalue weighted by Gasteiger charge is -2.13. The molecule has 4 nitrogen and oxygen atoms in total. The summed E-state index contributed by atoms with van der Waals surface area (Å²) < 4.78 is 15.0. The van der Waals surface area contributed by atoms with Gasteiger partial charge in [-0.1, -0.05) is 13.0 Å². The number of aromatic nitrogens is 2. The van der Waals surface area contributed by atoms with Crippen LogP contribution in [0.1, 0.15) is 36.8 Å². The zero-order valence-electron chi connectivity index (χ0n) is 12.0. The molecule has 2 aromatic rings. The molecular formula is C16H18FN3O. The van der Waals surface area contributed by atoms with Crippen LogP contribution in [-0.2, 0) is 17.8 Å². The van der Waals surface area contributed by atoms with Gasteiger partial charge in [0.25, 0.3) is 0 Å². The molecule has 1 aromatic carbocycles. The first-order valence-electron chi connectivity index (χ1n) is 7.30. The Morgan fingerprint density at radius 2 is 2.33 bits per heavy atom. The van der Waals surface area contributed by atoms with Gasteiger partial charge in [0.05, 0.1) is 12.1 Å². The molecule has 1 unspecified atom stereocenters. The van der Waals surface area contributed by atoms with Crippen LogP contribution in [0.5, 0.6) is 0 Å². The molecule has 1 heterocycles. The lowest BCUT2D eigenvalue weighted by atomic mass is 10.0. The average molecular weight is 287 g/mol. The molecular weight excluding hydrogens is 269 g/mol. The van der Waals surface area contributed by atoms with Crippen molar-refractivity contribution in [2.24, 2.45) is 0 Å². The van der Waals surface area contributed by atoms with Gasteiger partial charge in [-0.25, -0.2) is 9.07 Å². The second-order valence-electron chi connectivity index (χ2n) is 5.36. The highest BCUT2D eigenvalue weighted by atomic mass is 19.1. The Bertz CT molecular complexity index is 665. The fourth-order valence-corrected chi connectivity index (χ4v) is 2.90. The Morgan fingerprint density at radius 1 is 1.48 bits per heavy atom. The molecule has 110 valence electrons. The van der Waals surface area contributed by atoms with Crippen LogP contribution in [0.4, 0.5) is 10.2 Å². The van der Waals surface area contributed by atoms with Gasteiger partial charge in [-0.3, -0.25) is 4.79 Å². The maximum atomic E-state index is 13.2. The van der Waals surface area contributed by atoms with Gasteiger partial charge in [-0.2, -0.15) is 5.10 Å². The summed E-state index contributed by atoms with van der Waals surface area (Å²) in [5.74, 6) is 0.233. The van der Waals surface area contributed by atoms with Gasteiger partial charge >= 0.3 is 0 Å². The number of anilines is 1. The maximum absolute atomic E-state index is 13.2. The average Bonchev–Trinajstić information content (AvgIpc) is 3.06. The topological polar surface area (TPSA) is 46.9 Å². The van der Waals surface area contributed by atoms with E-state index in [4.69, 9.17) is 0 Å². The third-order valence-corrected chi connectivity index (χ3v) is 3.90. The zero-order valence-corrected chi connectivity index (χ0v) is 12.0. The van der Waals surface area contributed by atoms with Crippen LogP contribution in [0.2, 0.25) is 0 Å². The largest absolute Gasteiger partial charge is 0.310 e. The van der Waals surface area contributed by atoms with Crippen molar-refractivity contribution >= 4 is 11.7 Å². The molecule has 1 atom stereocenters. The number of halogens is 1. The molecule has 0 aliphatic heterocycles. The van der Waals surface area contributed by atoms with Gasteiger partial charge in [-0.15, -0.1) is 0 Å². The highest BCUT2D eigenvalue weighted by Crippen LogP contribution is 2.34. The molecule has 1 N–H and O–H groups in total. The van der Waals surface area contributed by atoms with E-state index >= 15 is 0 Å². The van der Waals surface area contributed by atoms with Crippen LogP contribution >= 0.6 is 0 Å². The number of carbonyl (C=O) groups is 1. The van der Waals surface area contributed by atoms with Crippen molar-refractivity contribution in [3.63, 3.8) is 0 Å². The molecule has 0 radical (unpaired) electrons. The predicted octanol–water partition coefficient (Wildman–Crippen LogP) is 3.10. The second-order valence-corrected chi connectivity index (χ2v) is 5.36. The molecule has 1 aromatic heterocycles. The number of nitrogens with zero attached hydrogens (tertiary/aromatic N) is 2. The predicted molar refractivity (Wildman–Crippen MR) is 78.6 cm³/mol. The van der Waals surface area contributed by atoms with Crippen LogP contribution < -0.4 is 5.32 Å². The number of benzene rings is 1. The molecule has 3 rings (SSSR count). The highest BCUT2D eigenvalue weighted by molar-refractivity contribution is 5.95. The number of amides is 1. The standard InChI is InChI=1S/C16H18FN3O/c1-2-9-20-15(7-8-18-20)19-16(21)14-5-3-11-10-12(17)4-6-13(11)14/h4,6-8,10,14H,2-3,5,9H2,1H3,(H,19,21). The summed E-state index contributed by atoms with van der Waals surface area (Å²) >= 11 is 0. The number of aryl methyl sites for hydroxylation is 2. The fourth-order valence-electron chi connectivity index (χ4n) is 2.90. The summed E-state index contributed by atoms with van der Waals surface area (Å²) in [6.07, 6.45) is 4.12. The van der Waals surface area contributed by atoms with Crippen molar-refractivity contribution in [1.29, 1.82) is 0 Å². The van der Waals surface area contributed by atoms with Crippen LogP contribution in [0.15, 0.2) is 30.5 Å². The van der Waals surface area contributed by atoms with E-state index in [2.05, 4.69) is 17.3 Å². The summed E-state index contributed by atoms with van der Waals surface area (Å²) in [5.41, 5.74) is 1.88. The van der Waals surface area contributed by atoms with Crippen LogP contribution in [-0.4, -0.2) is 15.7 Å². The Labute approximate surface area is 123 Å². The molecule has 0 saturated heterocycles. The lowest BCUT2D eigenvalue weighted by molar-refractivity contribution is -0.117. The number of fused-ring (bicyclic) bond motifs is 1. The van der Waals surface area contributed by atoms with E-state index < -0.39 is 0 Å². The van der Waals surface area contributed by atoms with Gasteiger partial charge in [0.1, 0.15) is 11.6 Å². The summed E-state index contributed by atoms with van der Waals surface area (Å²) in [5, 5.41) is 7.13. The van der Waals surface area contributed by atoms with Crippen molar-refractivity contribution in [1.82, 2.24) is 9.78 Å². The van der Waals surface area contributed by atoms with Gasteiger partial charge < -0.3 is 5.32 Å². The first-order chi connectivity index (χ1) is 10.2. The van der Waals surface area contributed by atoms with E-state index in [9.17, 15) is 9.18 Å². The summed E-state index contributed by atoms with van der Waals surface area (Å²) in [7, 11) is 0. The van der Waals surface area contributed by atoms with Gasteiger partial charge in [-0.05, 0) is 42.5 Å². The van der Waals surface area contributed by atoms with Crippen molar-refractivity contribution in [2.75, 3.05) is 5.32 Å². The van der Waals surface area contributed by atoms with E-state index in [1.807, 2.05) is 0 Å². The first-order valence-corrected chi connectivity index (χ1v) is 7.30. The molecule has 0 fully saturated rings. The summed E-state index contributed by atoms with van der Waals surface area (Å²) in [6.45, 7) is 2.84. The number of nitrogens with one attached hydrogen (secondary N) is 1. The Morgan fingerprint density at radius 3 is 3.14 bits per heavy atom. The number of rotatable bonds is 4. The number of carbonyl (C=O) groups excluding carboxylic acids is 1. The molecule has 0 spiro atoms. The molecule has 5 heteroatoms. The monoisotopic (exact) mass is 287 g/mol. The van der Waals surface area contributed by atoms with Crippen molar-refractivity contribution in [3.8, 4) is 0 Å². The minimum absolute atomic E-state index is 0.0433. The molecule has 1 amide bonds. The van der Waals surface area contributed by atoms with Gasteiger partial charge in [0.15, 0.2) is 0 Å². The first kappa shape index (κ1) is 13.8. The normalized spacial score (nSPS) is 16.8. The van der Waals surface area contributed by atoms with Crippen LogP contribution in [0, 0.1) is 5.82 Å². The molecule has 21 heavy (non-hydrogen) atoms. The lowest BCUT2D eigenvalue weighted by Crippen LogP contribution is -2.21. The van der Waals surface area contributed by atoms with Crippen molar-refractivity contribution in [3.05, 3.63) is 47.4 Å². The Kier molecular flexibility index (Phi) is 3.73.